The van der Waals surface area contributed by atoms with Crippen LogP contribution in [-0.4, -0.2) is 16.1 Å². The topological polar surface area (TPSA) is 32.8 Å². The van der Waals surface area contributed by atoms with Crippen LogP contribution in [0.25, 0.3) is 98.4 Å². The number of rotatable bonds is 18. The summed E-state index contributed by atoms with van der Waals surface area (Å²) in [5, 5.41) is 19.9. The van der Waals surface area contributed by atoms with Crippen molar-refractivity contribution in [3.8, 4) is 22.3 Å². The van der Waals surface area contributed by atoms with Gasteiger partial charge in [0.1, 0.15) is 22.8 Å². The van der Waals surface area contributed by atoms with Crippen molar-refractivity contribution >= 4 is 168 Å². The Kier molecular flexibility index (Phi) is 17.3. The summed E-state index contributed by atoms with van der Waals surface area (Å²) in [6, 6.07) is 137. The lowest BCUT2D eigenvalue weighted by atomic mass is 9.84. The molecule has 0 radical (unpaired) electrons. The number of nitrogens with zero attached hydrogens (tertiary/aromatic N) is 2. The molecule has 2 aromatic heterocycles. The van der Waals surface area contributed by atoms with Gasteiger partial charge in [0, 0.05) is 32.3 Å². The van der Waals surface area contributed by atoms with Crippen molar-refractivity contribution in [2.75, 3.05) is 9.80 Å². The highest BCUT2D eigenvalue weighted by molar-refractivity contribution is 7.20. The minimum atomic E-state index is -2.88. The molecule has 0 amide bonds. The van der Waals surface area contributed by atoms with Crippen molar-refractivity contribution in [2.24, 2.45) is 0 Å². The van der Waals surface area contributed by atoms with Gasteiger partial charge in [0.25, 0.3) is 0 Å². The van der Waals surface area contributed by atoms with Crippen LogP contribution in [-0.2, 0) is 0 Å². The lowest BCUT2D eigenvalue weighted by molar-refractivity contribution is 0.628. The van der Waals surface area contributed by atoms with E-state index in [1.165, 1.54) is 41.5 Å². The summed E-state index contributed by atoms with van der Waals surface area (Å²) < 4.78 is 51.0. The first-order valence-electron chi connectivity index (χ1n) is 39.4. The molecule has 0 saturated heterocycles. The molecule has 20 rings (SSSR count). The smallest absolute Gasteiger partial charge is 0.179 e. The second-order valence-electron chi connectivity index (χ2n) is 30.7. The summed E-state index contributed by atoms with van der Waals surface area (Å²) >= 11 is 0. The molecule has 546 valence electrons. The Bertz CT molecular complexity index is 6380. The molecule has 0 saturated carbocycles. The summed E-state index contributed by atoms with van der Waals surface area (Å²) in [6.45, 7) is 8.98. The van der Waals surface area contributed by atoms with Crippen LogP contribution in [0.3, 0.4) is 0 Å². The van der Waals surface area contributed by atoms with Crippen molar-refractivity contribution in [3.05, 3.63) is 411 Å². The first kappa shape index (κ1) is 69.7. The van der Waals surface area contributed by atoms with Gasteiger partial charge in [-0.1, -0.05) is 355 Å². The summed E-state index contributed by atoms with van der Waals surface area (Å²) in [5.74, 6) is -0.803. The van der Waals surface area contributed by atoms with Crippen molar-refractivity contribution in [2.45, 2.75) is 39.5 Å². The van der Waals surface area contributed by atoms with Gasteiger partial charge < -0.3 is 18.6 Å². The number of benzene rings is 18. The molecule has 8 heteroatoms. The first-order chi connectivity index (χ1) is 56.0. The lowest BCUT2D eigenvalue weighted by Gasteiger charge is -2.34. The van der Waals surface area contributed by atoms with Gasteiger partial charge in [-0.2, -0.15) is 0 Å². The molecule has 114 heavy (non-hydrogen) atoms. The highest BCUT2D eigenvalue weighted by atomic mass is 28.3. The van der Waals surface area contributed by atoms with Crippen LogP contribution in [0.2, 0.25) is 0 Å². The minimum absolute atomic E-state index is 0.00362. The molecule has 0 unspecified atom stereocenters. The normalized spacial score (nSPS) is 12.1. The number of halogens is 2. The highest BCUT2D eigenvalue weighted by Crippen LogP contribution is 2.54. The molecule has 0 aliphatic carbocycles. The van der Waals surface area contributed by atoms with E-state index >= 15 is 8.78 Å². The van der Waals surface area contributed by atoms with E-state index in [1.54, 1.807) is 12.1 Å². The van der Waals surface area contributed by atoms with E-state index in [-0.39, 0.29) is 11.8 Å². The summed E-state index contributed by atoms with van der Waals surface area (Å²) in [7, 11) is -5.77. The number of para-hydroxylation sites is 4. The third-order valence-corrected chi connectivity index (χ3v) is 33.4. The minimum Gasteiger partial charge on any atom is -0.454 e. The van der Waals surface area contributed by atoms with E-state index in [0.29, 0.717) is 33.9 Å². The molecule has 4 nitrogen and oxygen atoms in total. The van der Waals surface area contributed by atoms with Crippen LogP contribution in [0.5, 0.6) is 0 Å². The van der Waals surface area contributed by atoms with E-state index in [4.69, 9.17) is 8.83 Å². The Morgan fingerprint density at radius 1 is 0.228 bits per heavy atom. The molecule has 0 spiro atoms. The van der Waals surface area contributed by atoms with E-state index in [2.05, 4.69) is 353 Å². The Morgan fingerprint density at radius 2 is 0.509 bits per heavy atom. The maximum Gasteiger partial charge on any atom is 0.179 e. The summed E-state index contributed by atoms with van der Waals surface area (Å²) in [6.07, 6.45) is 0. The molecule has 20 aromatic rings. The third-order valence-electron chi connectivity index (χ3n) is 23.8. The largest absolute Gasteiger partial charge is 0.454 e. The summed E-state index contributed by atoms with van der Waals surface area (Å²) in [4.78, 5) is 4.24. The zero-order valence-corrected chi connectivity index (χ0v) is 65.6. The molecule has 0 fully saturated rings. The van der Waals surface area contributed by atoms with Crippen molar-refractivity contribution in [1.29, 1.82) is 0 Å². The maximum atomic E-state index is 18.5. The fourth-order valence-corrected chi connectivity index (χ4v) is 28.1. The Labute approximate surface area is 663 Å². The van der Waals surface area contributed by atoms with Crippen LogP contribution < -0.4 is 51.3 Å². The van der Waals surface area contributed by atoms with Gasteiger partial charge in [0.05, 0.1) is 34.1 Å². The van der Waals surface area contributed by atoms with Gasteiger partial charge in [-0.15, -0.1) is 0 Å². The fourth-order valence-electron chi connectivity index (χ4n) is 18.6. The van der Waals surface area contributed by atoms with E-state index in [1.807, 2.05) is 60.7 Å². The predicted molar refractivity (Wildman–Crippen MR) is 480 cm³/mol. The van der Waals surface area contributed by atoms with Crippen LogP contribution in [0, 0.1) is 11.6 Å². The van der Waals surface area contributed by atoms with Gasteiger partial charge in [-0.3, -0.25) is 0 Å². The molecule has 0 aliphatic heterocycles. The second kappa shape index (κ2) is 28.4. The standard InChI is InChI=1S/C106H78F2N2O2Si2/c1-69(2)91-67-97(109(95-45-27-43-87-83-41-23-25-47-101(83)111-105(87)95)99-65-73(53-63-93(99)107)71-49-55-81(56-50-71)113(75-29-11-5-12-30-75,76-31-13-6-14-32-76)77-33-15-7-16-34-77)89-62-60-86-92(70(3)4)68-98(90-61-59-85(91)103(89)104(86)90)110(96-46-28-44-88-84-42-24-26-48-102(84)112-106(88)96)100-66-74(54-64-94(100)108)72-51-57-82(58-52-72)114(78-35-17-8-18-36-78,79-37-19-9-20-38-79)80-39-21-10-22-40-80/h5-70H,1-4H3. The van der Waals surface area contributed by atoms with Gasteiger partial charge in [0.2, 0.25) is 0 Å². The van der Waals surface area contributed by atoms with Gasteiger partial charge in [-0.25, -0.2) is 8.78 Å². The van der Waals surface area contributed by atoms with Crippen molar-refractivity contribution in [3.63, 3.8) is 0 Å². The number of anilines is 6. The molecule has 2 heterocycles. The van der Waals surface area contributed by atoms with Crippen molar-refractivity contribution < 1.29 is 17.6 Å². The van der Waals surface area contributed by atoms with E-state index in [0.717, 1.165) is 110 Å². The fraction of sp³-hybridized carbons (Fsp3) is 0.0566. The quantitative estimate of drug-likeness (QED) is 0.0487. The Hall–Kier alpha value is -13.5. The number of furan rings is 2. The number of hydrogen-bond donors (Lipinski definition) is 0. The second-order valence-corrected chi connectivity index (χ2v) is 38.3. The maximum absolute atomic E-state index is 18.5. The van der Waals surface area contributed by atoms with Gasteiger partial charge in [0.15, 0.2) is 27.3 Å². The monoisotopic (exact) mass is 1500 g/mol. The first-order valence-corrected chi connectivity index (χ1v) is 43.4. The van der Waals surface area contributed by atoms with Crippen LogP contribution in [0.15, 0.2) is 397 Å². The third kappa shape index (κ3) is 11.2. The van der Waals surface area contributed by atoms with Crippen molar-refractivity contribution in [1.82, 2.24) is 0 Å². The number of fused-ring (bicyclic) bond motifs is 6. The molecule has 0 aliphatic rings. The molecular formula is C106H78F2N2O2Si2. The van der Waals surface area contributed by atoms with E-state index < -0.39 is 27.8 Å². The highest BCUT2D eigenvalue weighted by Gasteiger charge is 2.43. The summed E-state index contributed by atoms with van der Waals surface area (Å²) in [5.41, 5.74) is 12.2. The van der Waals surface area contributed by atoms with Crippen LogP contribution >= 0.6 is 0 Å². The predicted octanol–water partition coefficient (Wildman–Crippen LogP) is 23.9. The van der Waals surface area contributed by atoms with Crippen LogP contribution in [0.4, 0.5) is 42.9 Å². The van der Waals surface area contributed by atoms with Gasteiger partial charge >= 0.3 is 0 Å². The zero-order chi connectivity index (χ0) is 76.8. The Balaban J connectivity index is 0.805. The molecular weight excluding hydrogens is 1430 g/mol. The average Bonchev–Trinajstić information content (AvgIpc) is 0.778. The zero-order valence-electron chi connectivity index (χ0n) is 63.6. The molecule has 0 bridgehead atoms. The molecule has 0 atom stereocenters. The van der Waals surface area contributed by atoms with Crippen LogP contribution in [0.1, 0.15) is 50.7 Å². The molecule has 18 aromatic carbocycles. The average molecular weight is 1510 g/mol. The van der Waals surface area contributed by atoms with E-state index in [9.17, 15) is 0 Å². The SMILES string of the molecule is CC(C)c1cc(N(c2cc(-c3ccc([Si](c4ccccc4)(c4ccccc4)c4ccccc4)cc3)ccc2F)c2cccc3c2oc2ccccc23)c2ccc3c(C(C)C)cc(N(c4cc(-c5ccc([Si](c6ccccc6)(c6ccccc6)c6ccccc6)cc5)ccc4F)c4cccc5c4oc4ccccc45)c4ccc1c2c34. The molecule has 0 N–H and O–H groups in total. The lowest BCUT2D eigenvalue weighted by Crippen LogP contribution is -2.74. The van der Waals surface area contributed by atoms with Gasteiger partial charge in [-0.05, 0) is 169 Å². The Morgan fingerprint density at radius 3 is 0.833 bits per heavy atom. The number of hydrogen-bond acceptors (Lipinski definition) is 4.